The minimum atomic E-state index is -0.982. The molecule has 8 nitrogen and oxygen atoms in total. The number of benzene rings is 2. The third-order valence-electron chi connectivity index (χ3n) is 7.08. The highest BCUT2D eigenvalue weighted by Gasteiger charge is 2.24. The molecule has 2 atom stereocenters. The van der Waals surface area contributed by atoms with Gasteiger partial charge in [-0.25, -0.2) is 9.87 Å². The van der Waals surface area contributed by atoms with E-state index in [0.29, 0.717) is 12.4 Å². The summed E-state index contributed by atoms with van der Waals surface area (Å²) in [5.74, 6) is -0.0646. The monoisotopic (exact) mass is 594 g/mol. The van der Waals surface area contributed by atoms with Crippen molar-refractivity contribution in [1.29, 1.82) is 0 Å². The zero-order valence-corrected chi connectivity index (χ0v) is 25.8. The van der Waals surface area contributed by atoms with Gasteiger partial charge in [-0.2, -0.15) is 0 Å². The number of aliphatic hydroxyl groups is 1. The average molecular weight is 595 g/mol. The summed E-state index contributed by atoms with van der Waals surface area (Å²) in [7, 11) is 3.21. The van der Waals surface area contributed by atoms with Gasteiger partial charge in [-0.3, -0.25) is 15.0 Å². The Labute approximate surface area is 253 Å². The van der Waals surface area contributed by atoms with Gasteiger partial charge in [0.05, 0.1) is 44.6 Å². The van der Waals surface area contributed by atoms with Crippen LogP contribution < -0.4 is 10.2 Å². The third-order valence-corrected chi connectivity index (χ3v) is 7.08. The Balaban J connectivity index is 1.98. The number of amides is 1. The van der Waals surface area contributed by atoms with Crippen LogP contribution in [0.2, 0.25) is 0 Å². The Kier molecular flexibility index (Phi) is 12.8. The molecule has 3 N–H and O–H groups in total. The second-order valence-electron chi connectivity index (χ2n) is 11.1. The van der Waals surface area contributed by atoms with Crippen LogP contribution in [0.1, 0.15) is 80.5 Å². The minimum Gasteiger partial charge on any atom is -0.497 e. The van der Waals surface area contributed by atoms with Crippen molar-refractivity contribution in [3.63, 3.8) is 0 Å². The standard InChI is InChI=1S/C34H43FN2O6/c1-21(2)33-29(32(24-9-11-25(35)12-10-24)30(20-41-5)34(36-33)22(3)4)16-13-26(38)17-28(18-31(39)37-40)43-19-23-7-14-27(42-6)15-8-23/h7-16,21-22,26,28,38,40H,17-20H2,1-6H3,(H,37,39)/b16-13+/t26-,28-/m1/s1. The van der Waals surface area contributed by atoms with Gasteiger partial charge in [0.1, 0.15) is 11.6 Å². The normalized spacial score (nSPS) is 13.1. The van der Waals surface area contributed by atoms with Gasteiger partial charge in [-0.1, -0.05) is 64.1 Å². The number of hydrogen-bond donors (Lipinski definition) is 3. The predicted octanol–water partition coefficient (Wildman–Crippen LogP) is 6.53. The molecule has 0 aliphatic rings. The van der Waals surface area contributed by atoms with Crippen LogP contribution in [0.5, 0.6) is 5.75 Å². The van der Waals surface area contributed by atoms with Crippen molar-refractivity contribution < 1.29 is 33.7 Å². The number of hydrogen-bond acceptors (Lipinski definition) is 7. The molecule has 0 radical (unpaired) electrons. The largest absolute Gasteiger partial charge is 0.497 e. The fourth-order valence-electron chi connectivity index (χ4n) is 4.95. The van der Waals surface area contributed by atoms with Crippen molar-refractivity contribution in [2.45, 2.75) is 77.8 Å². The third kappa shape index (κ3) is 9.43. The van der Waals surface area contributed by atoms with Gasteiger partial charge in [0, 0.05) is 30.4 Å². The van der Waals surface area contributed by atoms with E-state index in [1.165, 1.54) is 12.1 Å². The number of rotatable bonds is 15. The van der Waals surface area contributed by atoms with Gasteiger partial charge in [0.25, 0.3) is 0 Å². The highest BCUT2D eigenvalue weighted by molar-refractivity contribution is 5.80. The number of nitrogens with one attached hydrogen (secondary N) is 1. The lowest BCUT2D eigenvalue weighted by Crippen LogP contribution is -2.28. The van der Waals surface area contributed by atoms with Gasteiger partial charge in [-0.05, 0) is 52.8 Å². The summed E-state index contributed by atoms with van der Waals surface area (Å²) >= 11 is 0. The molecule has 3 aromatic rings. The fourth-order valence-corrected chi connectivity index (χ4v) is 4.95. The van der Waals surface area contributed by atoms with E-state index in [9.17, 15) is 14.3 Å². The molecule has 0 bridgehead atoms. The molecule has 43 heavy (non-hydrogen) atoms. The number of halogens is 1. The van der Waals surface area contributed by atoms with E-state index in [1.807, 2.05) is 30.3 Å². The number of carbonyl (C=O) groups excluding carboxylic acids is 1. The van der Waals surface area contributed by atoms with E-state index in [1.54, 1.807) is 37.9 Å². The Bertz CT molecular complexity index is 1360. The molecular formula is C34H43FN2O6. The molecule has 232 valence electrons. The molecule has 0 saturated carbocycles. The van der Waals surface area contributed by atoms with E-state index in [4.69, 9.17) is 24.4 Å². The summed E-state index contributed by atoms with van der Waals surface area (Å²) in [4.78, 5) is 17.1. The van der Waals surface area contributed by atoms with E-state index in [0.717, 1.165) is 39.2 Å². The zero-order valence-electron chi connectivity index (χ0n) is 25.8. The number of nitrogens with zero attached hydrogens (tertiary/aromatic N) is 1. The molecule has 0 fully saturated rings. The quantitative estimate of drug-likeness (QED) is 0.135. The van der Waals surface area contributed by atoms with Gasteiger partial charge in [-0.15, -0.1) is 0 Å². The van der Waals surface area contributed by atoms with Gasteiger partial charge in [0.15, 0.2) is 0 Å². The maximum Gasteiger partial charge on any atom is 0.245 e. The maximum absolute atomic E-state index is 13.9. The topological polar surface area (TPSA) is 110 Å². The van der Waals surface area contributed by atoms with Gasteiger partial charge in [0.2, 0.25) is 5.91 Å². The number of pyridine rings is 1. The summed E-state index contributed by atoms with van der Waals surface area (Å²) in [6.45, 7) is 8.79. The van der Waals surface area contributed by atoms with Crippen LogP contribution in [0.3, 0.4) is 0 Å². The first-order valence-corrected chi connectivity index (χ1v) is 14.4. The van der Waals surface area contributed by atoms with Crippen LogP contribution in [0, 0.1) is 5.82 Å². The molecule has 0 saturated heterocycles. The number of carbonyl (C=O) groups is 1. The van der Waals surface area contributed by atoms with E-state index >= 15 is 0 Å². The van der Waals surface area contributed by atoms with Crippen LogP contribution in [-0.2, 0) is 27.5 Å². The highest BCUT2D eigenvalue weighted by atomic mass is 19.1. The Morgan fingerprint density at radius 3 is 2.19 bits per heavy atom. The van der Waals surface area contributed by atoms with Crippen LogP contribution in [0.4, 0.5) is 4.39 Å². The maximum atomic E-state index is 13.9. The van der Waals surface area contributed by atoms with Crippen molar-refractivity contribution in [3.05, 3.63) is 88.5 Å². The van der Waals surface area contributed by atoms with Crippen molar-refractivity contribution in [1.82, 2.24) is 10.5 Å². The summed E-state index contributed by atoms with van der Waals surface area (Å²) in [6, 6.07) is 13.7. The van der Waals surface area contributed by atoms with Crippen molar-refractivity contribution in [3.8, 4) is 16.9 Å². The lowest BCUT2D eigenvalue weighted by atomic mass is 9.87. The molecule has 0 aliphatic carbocycles. The van der Waals surface area contributed by atoms with Crippen LogP contribution in [0.25, 0.3) is 17.2 Å². The average Bonchev–Trinajstić information content (AvgIpc) is 2.99. The number of hydroxylamine groups is 1. The smallest absolute Gasteiger partial charge is 0.245 e. The Morgan fingerprint density at radius 1 is 0.977 bits per heavy atom. The number of methoxy groups -OCH3 is 2. The number of aliphatic hydroxyl groups excluding tert-OH is 1. The van der Waals surface area contributed by atoms with Gasteiger partial charge >= 0.3 is 0 Å². The van der Waals surface area contributed by atoms with Crippen LogP contribution in [0.15, 0.2) is 54.6 Å². The van der Waals surface area contributed by atoms with Crippen LogP contribution >= 0.6 is 0 Å². The molecule has 1 aromatic heterocycles. The second kappa shape index (κ2) is 16.3. The van der Waals surface area contributed by atoms with Crippen molar-refractivity contribution in [2.24, 2.45) is 0 Å². The van der Waals surface area contributed by atoms with Gasteiger partial charge < -0.3 is 19.3 Å². The molecule has 1 heterocycles. The molecule has 0 unspecified atom stereocenters. The first kappa shape index (κ1) is 33.9. The fraction of sp³-hybridized carbons (Fsp3) is 0.412. The summed E-state index contributed by atoms with van der Waals surface area (Å²) in [5.41, 5.74) is 7.66. The zero-order chi connectivity index (χ0) is 31.5. The lowest BCUT2D eigenvalue weighted by Gasteiger charge is -2.24. The Morgan fingerprint density at radius 2 is 1.63 bits per heavy atom. The van der Waals surface area contributed by atoms with E-state index in [-0.39, 0.29) is 37.1 Å². The van der Waals surface area contributed by atoms with E-state index < -0.39 is 18.1 Å². The second-order valence-corrected chi connectivity index (χ2v) is 11.1. The predicted molar refractivity (Wildman–Crippen MR) is 164 cm³/mol. The van der Waals surface area contributed by atoms with Crippen molar-refractivity contribution >= 4 is 12.0 Å². The Hall–Kier alpha value is -3.63. The number of ether oxygens (including phenoxy) is 3. The SMILES string of the molecule is COCc1c(C(C)C)nc(C(C)C)c(/C=C/[C@@H](O)C[C@H](CC(=O)NO)OCc2ccc(OC)cc2)c1-c1ccc(F)cc1. The van der Waals surface area contributed by atoms with Crippen molar-refractivity contribution in [2.75, 3.05) is 14.2 Å². The van der Waals surface area contributed by atoms with Crippen LogP contribution in [-0.4, -0.2) is 47.6 Å². The first-order chi connectivity index (χ1) is 20.6. The first-order valence-electron chi connectivity index (χ1n) is 14.4. The minimum absolute atomic E-state index is 0.0546. The number of aromatic nitrogens is 1. The summed E-state index contributed by atoms with van der Waals surface area (Å²) < 4.78 is 30.7. The summed E-state index contributed by atoms with van der Waals surface area (Å²) in [6.07, 6.45) is 1.79. The molecule has 9 heteroatoms. The highest BCUT2D eigenvalue weighted by Crippen LogP contribution is 2.38. The summed E-state index contributed by atoms with van der Waals surface area (Å²) in [5, 5.41) is 20.2. The lowest BCUT2D eigenvalue weighted by molar-refractivity contribution is -0.133. The van der Waals surface area contributed by atoms with E-state index in [2.05, 4.69) is 27.7 Å². The molecule has 1 amide bonds. The molecule has 0 aliphatic heterocycles. The molecular weight excluding hydrogens is 551 g/mol. The molecule has 0 spiro atoms. The molecule has 3 rings (SSSR count). The molecule has 2 aromatic carbocycles.